The summed E-state index contributed by atoms with van der Waals surface area (Å²) in [7, 11) is 5.50. The standard InChI is InChI=1S/C12H22N4O2/c1-5-18-9-11-14-10(13-2)8-12(15-11)16(3)6-7-17-4/h8H,5-7,9H2,1-4H3,(H,13,14,15). The fourth-order valence-electron chi connectivity index (χ4n) is 1.41. The van der Waals surface area contributed by atoms with E-state index in [-0.39, 0.29) is 0 Å². The second kappa shape index (κ2) is 7.84. The third-order valence-electron chi connectivity index (χ3n) is 2.47. The van der Waals surface area contributed by atoms with E-state index < -0.39 is 0 Å². The van der Waals surface area contributed by atoms with Crippen molar-refractivity contribution in [2.75, 3.05) is 51.2 Å². The maximum atomic E-state index is 5.34. The Balaban J connectivity index is 2.81. The molecule has 0 unspecified atom stereocenters. The maximum Gasteiger partial charge on any atom is 0.158 e. The van der Waals surface area contributed by atoms with Crippen molar-refractivity contribution in [1.82, 2.24) is 9.97 Å². The van der Waals surface area contributed by atoms with Gasteiger partial charge < -0.3 is 19.7 Å². The average molecular weight is 254 g/mol. The van der Waals surface area contributed by atoms with Crippen LogP contribution in [0.4, 0.5) is 11.6 Å². The van der Waals surface area contributed by atoms with Crippen molar-refractivity contribution in [3.8, 4) is 0 Å². The van der Waals surface area contributed by atoms with Gasteiger partial charge in [-0.3, -0.25) is 0 Å². The fraction of sp³-hybridized carbons (Fsp3) is 0.667. The smallest absolute Gasteiger partial charge is 0.158 e. The summed E-state index contributed by atoms with van der Waals surface area (Å²) < 4.78 is 10.4. The number of nitrogens with zero attached hydrogens (tertiary/aromatic N) is 3. The van der Waals surface area contributed by atoms with Gasteiger partial charge in [0.05, 0.1) is 6.61 Å². The van der Waals surface area contributed by atoms with Gasteiger partial charge in [0.2, 0.25) is 0 Å². The lowest BCUT2D eigenvalue weighted by Gasteiger charge is -2.19. The Morgan fingerprint density at radius 3 is 2.78 bits per heavy atom. The lowest BCUT2D eigenvalue weighted by molar-refractivity contribution is 0.128. The Kier molecular flexibility index (Phi) is 6.38. The van der Waals surface area contributed by atoms with Crippen molar-refractivity contribution in [3.05, 3.63) is 11.9 Å². The molecule has 0 bridgehead atoms. The topological polar surface area (TPSA) is 59.5 Å². The van der Waals surface area contributed by atoms with Gasteiger partial charge >= 0.3 is 0 Å². The number of anilines is 2. The second-order valence-corrected chi connectivity index (χ2v) is 3.83. The minimum atomic E-state index is 0.428. The quantitative estimate of drug-likeness (QED) is 0.750. The van der Waals surface area contributed by atoms with Crippen molar-refractivity contribution in [2.45, 2.75) is 13.5 Å². The van der Waals surface area contributed by atoms with E-state index in [1.807, 2.05) is 32.0 Å². The molecule has 1 aromatic rings. The van der Waals surface area contributed by atoms with E-state index in [1.165, 1.54) is 0 Å². The zero-order chi connectivity index (χ0) is 13.4. The Morgan fingerprint density at radius 2 is 2.17 bits per heavy atom. The summed E-state index contributed by atoms with van der Waals surface area (Å²) in [4.78, 5) is 10.8. The molecule has 0 aliphatic rings. The van der Waals surface area contributed by atoms with Crippen molar-refractivity contribution >= 4 is 11.6 Å². The van der Waals surface area contributed by atoms with E-state index in [9.17, 15) is 0 Å². The van der Waals surface area contributed by atoms with Gasteiger partial charge in [0, 0.05) is 40.4 Å². The highest BCUT2D eigenvalue weighted by molar-refractivity contribution is 5.48. The summed E-state index contributed by atoms with van der Waals surface area (Å²) in [6.07, 6.45) is 0. The first-order valence-corrected chi connectivity index (χ1v) is 6.04. The highest BCUT2D eigenvalue weighted by Crippen LogP contribution is 2.14. The molecule has 6 heteroatoms. The minimum Gasteiger partial charge on any atom is -0.383 e. The van der Waals surface area contributed by atoms with Crippen LogP contribution < -0.4 is 10.2 Å². The van der Waals surface area contributed by atoms with Gasteiger partial charge in [-0.25, -0.2) is 9.97 Å². The highest BCUT2D eigenvalue weighted by atomic mass is 16.5. The van der Waals surface area contributed by atoms with Crippen LogP contribution in [0, 0.1) is 0 Å². The summed E-state index contributed by atoms with van der Waals surface area (Å²) >= 11 is 0. The van der Waals surface area contributed by atoms with E-state index in [0.29, 0.717) is 25.6 Å². The lowest BCUT2D eigenvalue weighted by atomic mass is 10.4. The SMILES string of the molecule is CCOCc1nc(NC)cc(N(C)CCOC)n1. The monoisotopic (exact) mass is 254 g/mol. The summed E-state index contributed by atoms with van der Waals surface area (Å²) in [6, 6.07) is 1.91. The number of ether oxygens (including phenoxy) is 2. The molecule has 1 N–H and O–H groups in total. The third kappa shape index (κ3) is 4.46. The summed E-state index contributed by atoms with van der Waals surface area (Å²) in [5, 5.41) is 3.03. The van der Waals surface area contributed by atoms with Crippen LogP contribution in [-0.4, -0.2) is 50.9 Å². The van der Waals surface area contributed by atoms with Gasteiger partial charge in [-0.15, -0.1) is 0 Å². The Hall–Kier alpha value is -1.40. The minimum absolute atomic E-state index is 0.428. The van der Waals surface area contributed by atoms with Crippen molar-refractivity contribution < 1.29 is 9.47 Å². The van der Waals surface area contributed by atoms with Crippen LogP contribution in [0.2, 0.25) is 0 Å². The molecule has 18 heavy (non-hydrogen) atoms. The molecule has 0 aliphatic heterocycles. The molecule has 0 atom stereocenters. The van der Waals surface area contributed by atoms with E-state index in [1.54, 1.807) is 7.11 Å². The molecular weight excluding hydrogens is 232 g/mol. The molecular formula is C12H22N4O2. The molecule has 0 spiro atoms. The fourth-order valence-corrected chi connectivity index (χ4v) is 1.41. The molecule has 102 valence electrons. The van der Waals surface area contributed by atoms with Crippen molar-refractivity contribution in [1.29, 1.82) is 0 Å². The highest BCUT2D eigenvalue weighted by Gasteiger charge is 2.07. The largest absolute Gasteiger partial charge is 0.383 e. The molecule has 1 heterocycles. The van der Waals surface area contributed by atoms with Gasteiger partial charge in [0.25, 0.3) is 0 Å². The van der Waals surface area contributed by atoms with Crippen LogP contribution in [0.3, 0.4) is 0 Å². The molecule has 1 aromatic heterocycles. The predicted octanol–water partition coefficient (Wildman–Crippen LogP) is 1.14. The van der Waals surface area contributed by atoms with Crippen LogP contribution in [0.5, 0.6) is 0 Å². The predicted molar refractivity (Wildman–Crippen MR) is 72.1 cm³/mol. The molecule has 0 amide bonds. The van der Waals surface area contributed by atoms with Gasteiger partial charge in [0.1, 0.15) is 18.2 Å². The zero-order valence-corrected chi connectivity index (χ0v) is 11.6. The Morgan fingerprint density at radius 1 is 1.39 bits per heavy atom. The van der Waals surface area contributed by atoms with Crippen molar-refractivity contribution in [3.63, 3.8) is 0 Å². The summed E-state index contributed by atoms with van der Waals surface area (Å²) in [6.45, 7) is 4.48. The molecule has 0 radical (unpaired) electrons. The van der Waals surface area contributed by atoms with E-state index >= 15 is 0 Å². The first kappa shape index (κ1) is 14.7. The van der Waals surface area contributed by atoms with E-state index in [2.05, 4.69) is 15.3 Å². The Bertz CT molecular complexity index is 360. The third-order valence-corrected chi connectivity index (χ3v) is 2.47. The number of hydrogen-bond donors (Lipinski definition) is 1. The second-order valence-electron chi connectivity index (χ2n) is 3.83. The van der Waals surface area contributed by atoms with Gasteiger partial charge in [-0.1, -0.05) is 0 Å². The molecule has 0 saturated carbocycles. The number of likely N-dealkylation sites (N-methyl/N-ethyl adjacent to an activating group) is 1. The average Bonchev–Trinajstić information content (AvgIpc) is 2.41. The first-order chi connectivity index (χ1) is 8.71. The summed E-state index contributed by atoms with van der Waals surface area (Å²) in [5.41, 5.74) is 0. The Labute approximate surface area is 108 Å². The lowest BCUT2D eigenvalue weighted by Crippen LogP contribution is -2.24. The molecule has 1 rings (SSSR count). The molecule has 0 aliphatic carbocycles. The molecule has 0 fully saturated rings. The maximum absolute atomic E-state index is 5.34. The number of methoxy groups -OCH3 is 1. The number of nitrogens with one attached hydrogen (secondary N) is 1. The molecule has 0 aromatic carbocycles. The number of rotatable bonds is 8. The van der Waals surface area contributed by atoms with E-state index in [4.69, 9.17) is 9.47 Å². The van der Waals surface area contributed by atoms with Crippen LogP contribution in [-0.2, 0) is 16.1 Å². The van der Waals surface area contributed by atoms with Crippen molar-refractivity contribution in [2.24, 2.45) is 0 Å². The van der Waals surface area contributed by atoms with Crippen LogP contribution in [0.1, 0.15) is 12.7 Å². The van der Waals surface area contributed by atoms with Gasteiger partial charge in [-0.2, -0.15) is 0 Å². The van der Waals surface area contributed by atoms with Gasteiger partial charge in [0.15, 0.2) is 5.82 Å². The molecule has 6 nitrogen and oxygen atoms in total. The van der Waals surface area contributed by atoms with E-state index in [0.717, 1.165) is 18.2 Å². The number of hydrogen-bond acceptors (Lipinski definition) is 6. The van der Waals surface area contributed by atoms with Crippen LogP contribution >= 0.6 is 0 Å². The van der Waals surface area contributed by atoms with Gasteiger partial charge in [-0.05, 0) is 6.92 Å². The summed E-state index contributed by atoms with van der Waals surface area (Å²) in [5.74, 6) is 2.34. The first-order valence-electron chi connectivity index (χ1n) is 6.04. The van der Waals surface area contributed by atoms with Crippen LogP contribution in [0.15, 0.2) is 6.07 Å². The zero-order valence-electron chi connectivity index (χ0n) is 11.6. The van der Waals surface area contributed by atoms with Crippen LogP contribution in [0.25, 0.3) is 0 Å². The number of aromatic nitrogens is 2. The molecule has 0 saturated heterocycles. The normalized spacial score (nSPS) is 10.4.